The summed E-state index contributed by atoms with van der Waals surface area (Å²) in [6.07, 6.45) is 0.741. The molecule has 112 valence electrons. The van der Waals surface area contributed by atoms with Crippen LogP contribution < -0.4 is 10.5 Å². The lowest BCUT2D eigenvalue weighted by Crippen LogP contribution is -2.14. The van der Waals surface area contributed by atoms with Crippen LogP contribution in [0.3, 0.4) is 0 Å². The normalized spacial score (nSPS) is 12.9. The van der Waals surface area contributed by atoms with Crippen LogP contribution >= 0.6 is 11.6 Å². The van der Waals surface area contributed by atoms with Gasteiger partial charge in [-0.05, 0) is 42.3 Å². The average Bonchev–Trinajstić information content (AvgIpc) is 2.46. The lowest BCUT2D eigenvalue weighted by molar-refractivity contribution is 0.600. The highest BCUT2D eigenvalue weighted by molar-refractivity contribution is 7.92. The molecular weight excluding hydrogens is 308 g/mol. The molecule has 0 aromatic heterocycles. The lowest BCUT2D eigenvalue weighted by atomic mass is 10.1. The summed E-state index contributed by atoms with van der Waals surface area (Å²) in [4.78, 5) is 0.184. The maximum Gasteiger partial charge on any atom is 0.261 e. The molecule has 0 radical (unpaired) electrons. The second-order valence-corrected chi connectivity index (χ2v) is 6.82. The summed E-state index contributed by atoms with van der Waals surface area (Å²) in [6.45, 7) is 1.95. The van der Waals surface area contributed by atoms with Crippen molar-refractivity contribution in [2.24, 2.45) is 5.73 Å². The largest absolute Gasteiger partial charge is 0.324 e. The Bertz CT molecular complexity index is 732. The van der Waals surface area contributed by atoms with Gasteiger partial charge in [0, 0.05) is 11.1 Å². The summed E-state index contributed by atoms with van der Waals surface area (Å²) in [5.41, 5.74) is 7.17. The van der Waals surface area contributed by atoms with E-state index in [1.165, 1.54) is 0 Å². The Hall–Kier alpha value is -1.56. The zero-order valence-electron chi connectivity index (χ0n) is 11.6. The van der Waals surface area contributed by atoms with Crippen molar-refractivity contribution in [2.45, 2.75) is 24.3 Å². The van der Waals surface area contributed by atoms with E-state index in [9.17, 15) is 8.42 Å². The molecule has 0 fully saturated rings. The Morgan fingerprint density at radius 1 is 1.19 bits per heavy atom. The Morgan fingerprint density at radius 3 is 2.57 bits per heavy atom. The number of rotatable bonds is 5. The number of sulfonamides is 1. The van der Waals surface area contributed by atoms with E-state index >= 15 is 0 Å². The van der Waals surface area contributed by atoms with Crippen molar-refractivity contribution in [1.29, 1.82) is 0 Å². The standard InChI is InChI=1S/C15H17ClN2O2S/c1-2-15(17)11-5-3-8-14(9-11)21(19,20)18-13-7-4-6-12(16)10-13/h3-10,15,18H,2,17H2,1H3. The van der Waals surface area contributed by atoms with Gasteiger partial charge in [0.15, 0.2) is 0 Å². The van der Waals surface area contributed by atoms with Crippen LogP contribution in [0.5, 0.6) is 0 Å². The van der Waals surface area contributed by atoms with Crippen LogP contribution in [0.15, 0.2) is 53.4 Å². The molecule has 0 amide bonds. The summed E-state index contributed by atoms with van der Waals surface area (Å²) in [6, 6.07) is 13.0. The van der Waals surface area contributed by atoms with Crippen LogP contribution in [0.4, 0.5) is 5.69 Å². The number of halogens is 1. The van der Waals surface area contributed by atoms with E-state index in [0.29, 0.717) is 10.7 Å². The molecule has 0 bridgehead atoms. The Morgan fingerprint density at radius 2 is 1.90 bits per heavy atom. The second kappa shape index (κ2) is 6.47. The number of nitrogens with two attached hydrogens (primary N) is 1. The van der Waals surface area contributed by atoms with Crippen molar-refractivity contribution in [1.82, 2.24) is 0 Å². The zero-order valence-corrected chi connectivity index (χ0v) is 13.2. The second-order valence-electron chi connectivity index (χ2n) is 4.70. The molecular formula is C15H17ClN2O2S. The van der Waals surface area contributed by atoms with Crippen molar-refractivity contribution in [3.05, 3.63) is 59.1 Å². The molecule has 0 saturated carbocycles. The minimum atomic E-state index is -3.66. The van der Waals surface area contributed by atoms with E-state index in [-0.39, 0.29) is 10.9 Å². The van der Waals surface area contributed by atoms with Crippen LogP contribution in [0.1, 0.15) is 24.9 Å². The van der Waals surface area contributed by atoms with Crippen molar-refractivity contribution in [2.75, 3.05) is 4.72 Å². The summed E-state index contributed by atoms with van der Waals surface area (Å²) in [7, 11) is -3.66. The van der Waals surface area contributed by atoms with Gasteiger partial charge in [-0.15, -0.1) is 0 Å². The van der Waals surface area contributed by atoms with Crippen molar-refractivity contribution in [3.8, 4) is 0 Å². The van der Waals surface area contributed by atoms with Gasteiger partial charge in [-0.25, -0.2) is 8.42 Å². The Kier molecular flexibility index (Phi) is 4.88. The average molecular weight is 325 g/mol. The van der Waals surface area contributed by atoms with Gasteiger partial charge in [0.05, 0.1) is 10.6 Å². The van der Waals surface area contributed by atoms with E-state index in [1.807, 2.05) is 13.0 Å². The van der Waals surface area contributed by atoms with Gasteiger partial charge >= 0.3 is 0 Å². The Labute approximate surface area is 130 Å². The summed E-state index contributed by atoms with van der Waals surface area (Å²) in [5.74, 6) is 0. The number of hydrogen-bond donors (Lipinski definition) is 2. The fourth-order valence-electron chi connectivity index (χ4n) is 1.91. The van der Waals surface area contributed by atoms with E-state index in [2.05, 4.69) is 4.72 Å². The Balaban J connectivity index is 2.31. The number of anilines is 1. The molecule has 6 heteroatoms. The maximum absolute atomic E-state index is 12.4. The van der Waals surface area contributed by atoms with Gasteiger partial charge in [-0.3, -0.25) is 4.72 Å². The van der Waals surface area contributed by atoms with E-state index in [0.717, 1.165) is 12.0 Å². The molecule has 4 nitrogen and oxygen atoms in total. The highest BCUT2D eigenvalue weighted by Crippen LogP contribution is 2.22. The number of benzene rings is 2. The van der Waals surface area contributed by atoms with Gasteiger partial charge in [0.1, 0.15) is 0 Å². The quantitative estimate of drug-likeness (QED) is 0.883. The third-order valence-electron chi connectivity index (χ3n) is 3.11. The molecule has 1 atom stereocenters. The van der Waals surface area contributed by atoms with E-state index in [1.54, 1.807) is 42.5 Å². The van der Waals surface area contributed by atoms with Gasteiger partial charge < -0.3 is 5.73 Å². The lowest BCUT2D eigenvalue weighted by Gasteiger charge is -2.12. The third kappa shape index (κ3) is 3.97. The molecule has 1 unspecified atom stereocenters. The molecule has 0 aliphatic carbocycles. The molecule has 0 spiro atoms. The highest BCUT2D eigenvalue weighted by Gasteiger charge is 2.16. The first-order chi connectivity index (χ1) is 9.92. The van der Waals surface area contributed by atoms with Gasteiger partial charge in [0.2, 0.25) is 0 Å². The van der Waals surface area contributed by atoms with Crippen molar-refractivity contribution < 1.29 is 8.42 Å². The molecule has 2 rings (SSSR count). The molecule has 0 heterocycles. The number of nitrogens with one attached hydrogen (secondary N) is 1. The molecule has 0 aliphatic rings. The van der Waals surface area contributed by atoms with Crippen LogP contribution in [-0.4, -0.2) is 8.42 Å². The fraction of sp³-hybridized carbons (Fsp3) is 0.200. The van der Waals surface area contributed by atoms with Crippen molar-refractivity contribution in [3.63, 3.8) is 0 Å². The predicted octanol–water partition coefficient (Wildman–Crippen LogP) is 3.55. The van der Waals surface area contributed by atoms with Gasteiger partial charge in [-0.2, -0.15) is 0 Å². The number of hydrogen-bond acceptors (Lipinski definition) is 3. The van der Waals surface area contributed by atoms with Crippen molar-refractivity contribution >= 4 is 27.3 Å². The smallest absolute Gasteiger partial charge is 0.261 e. The summed E-state index contributed by atoms with van der Waals surface area (Å²) >= 11 is 5.85. The van der Waals surface area contributed by atoms with Gasteiger partial charge in [-0.1, -0.05) is 36.7 Å². The predicted molar refractivity (Wildman–Crippen MR) is 85.9 cm³/mol. The summed E-state index contributed by atoms with van der Waals surface area (Å²) in [5, 5.41) is 0.469. The van der Waals surface area contributed by atoms with Crippen LogP contribution in [-0.2, 0) is 10.0 Å². The van der Waals surface area contributed by atoms with Crippen LogP contribution in [0.25, 0.3) is 0 Å². The molecule has 0 saturated heterocycles. The molecule has 2 aromatic carbocycles. The maximum atomic E-state index is 12.4. The molecule has 0 aliphatic heterocycles. The topological polar surface area (TPSA) is 72.2 Å². The molecule has 21 heavy (non-hydrogen) atoms. The first-order valence-electron chi connectivity index (χ1n) is 6.56. The first-order valence-corrected chi connectivity index (χ1v) is 8.42. The SMILES string of the molecule is CCC(N)c1cccc(S(=O)(=O)Nc2cccc(Cl)c2)c1. The zero-order chi connectivity index (χ0) is 15.5. The minimum Gasteiger partial charge on any atom is -0.324 e. The summed E-state index contributed by atoms with van der Waals surface area (Å²) < 4.78 is 27.3. The first kappa shape index (κ1) is 15.8. The van der Waals surface area contributed by atoms with Crippen LogP contribution in [0.2, 0.25) is 5.02 Å². The highest BCUT2D eigenvalue weighted by atomic mass is 35.5. The third-order valence-corrected chi connectivity index (χ3v) is 4.73. The minimum absolute atomic E-state index is 0.175. The van der Waals surface area contributed by atoms with E-state index < -0.39 is 10.0 Å². The molecule has 2 aromatic rings. The monoisotopic (exact) mass is 324 g/mol. The van der Waals surface area contributed by atoms with E-state index in [4.69, 9.17) is 17.3 Å². The molecule has 3 N–H and O–H groups in total. The van der Waals surface area contributed by atoms with Gasteiger partial charge in [0.25, 0.3) is 10.0 Å². The fourth-order valence-corrected chi connectivity index (χ4v) is 3.21. The van der Waals surface area contributed by atoms with Crippen LogP contribution in [0, 0.1) is 0 Å².